The van der Waals surface area contributed by atoms with Crippen LogP contribution in [0.15, 0.2) is 60.8 Å². The van der Waals surface area contributed by atoms with Crippen molar-refractivity contribution in [3.05, 3.63) is 60.8 Å². The van der Waals surface area contributed by atoms with Gasteiger partial charge in [0.05, 0.1) is 43.7 Å². The van der Waals surface area contributed by atoms with Gasteiger partial charge in [0.1, 0.15) is 11.2 Å². The van der Waals surface area contributed by atoms with Crippen LogP contribution in [0.4, 0.5) is 25.8 Å². The maximum absolute atomic E-state index is 13.3. The van der Waals surface area contributed by atoms with Crippen LogP contribution < -0.4 is 31.5 Å². The first kappa shape index (κ1) is 36.2. The Kier molecular flexibility index (Phi) is 11.1. The van der Waals surface area contributed by atoms with Gasteiger partial charge in [0.15, 0.2) is 0 Å². The highest BCUT2D eigenvalue weighted by Gasteiger charge is 2.53. The molecule has 4 aliphatic rings. The summed E-state index contributed by atoms with van der Waals surface area (Å²) in [5.41, 5.74) is 1.52. The fraction of sp³-hybridized carbons (Fsp3) is 0.472. The molecule has 16 nitrogen and oxygen atoms in total. The third kappa shape index (κ3) is 8.41. The monoisotopic (exact) mass is 744 g/mol. The van der Waals surface area contributed by atoms with Gasteiger partial charge in [0.2, 0.25) is 5.91 Å². The summed E-state index contributed by atoms with van der Waals surface area (Å²) < 4.78 is 7.38. The number of piperidine rings is 1. The number of nitrogens with one attached hydrogen (secondary N) is 5. The molecule has 4 fully saturated rings. The van der Waals surface area contributed by atoms with E-state index in [1.807, 2.05) is 42.2 Å². The Labute approximate surface area is 311 Å². The predicted molar refractivity (Wildman–Crippen MR) is 198 cm³/mol. The molecule has 0 radical (unpaired) electrons. The van der Waals surface area contributed by atoms with Crippen LogP contribution in [0.2, 0.25) is 0 Å². The van der Waals surface area contributed by atoms with Crippen LogP contribution in [-0.2, 0) is 20.9 Å². The minimum Gasteiger partial charge on any atom is -0.378 e. The first-order valence-electron chi connectivity index (χ1n) is 18.1. The van der Waals surface area contributed by atoms with E-state index in [1.165, 1.54) is 4.90 Å². The number of hydrogen-bond donors (Lipinski definition) is 5. The normalized spacial score (nSPS) is 21.7. The van der Waals surface area contributed by atoms with Crippen LogP contribution >= 0.6 is 11.8 Å². The van der Waals surface area contributed by atoms with E-state index in [4.69, 9.17) is 4.74 Å². The summed E-state index contributed by atoms with van der Waals surface area (Å²) in [6, 6.07) is 15.8. The molecule has 4 aliphatic heterocycles. The van der Waals surface area contributed by atoms with Crippen LogP contribution in [0.5, 0.6) is 0 Å². The van der Waals surface area contributed by atoms with Crippen molar-refractivity contribution in [1.82, 2.24) is 41.2 Å². The molecule has 0 saturated carbocycles. The third-order valence-corrected chi connectivity index (χ3v) is 11.7. The summed E-state index contributed by atoms with van der Waals surface area (Å²) >= 11 is 1.89. The predicted octanol–water partition coefficient (Wildman–Crippen LogP) is 2.93. The largest absolute Gasteiger partial charge is 0.378 e. The van der Waals surface area contributed by atoms with Crippen molar-refractivity contribution in [2.24, 2.45) is 0 Å². The number of hydrogen-bond acceptors (Lipinski definition) is 9. The Morgan fingerprint density at radius 2 is 1.83 bits per heavy atom. The summed E-state index contributed by atoms with van der Waals surface area (Å²) in [6.07, 6.45) is 5.66. The Morgan fingerprint density at radius 3 is 2.66 bits per heavy atom. The van der Waals surface area contributed by atoms with E-state index in [9.17, 15) is 24.0 Å². The van der Waals surface area contributed by atoms with Crippen LogP contribution in [0.25, 0.3) is 11.3 Å². The number of benzene rings is 2. The molecule has 0 aliphatic carbocycles. The van der Waals surface area contributed by atoms with Crippen LogP contribution in [0.3, 0.4) is 0 Å². The Balaban J connectivity index is 0.783. The van der Waals surface area contributed by atoms with Crippen molar-refractivity contribution in [2.45, 2.75) is 67.9 Å². The van der Waals surface area contributed by atoms with Gasteiger partial charge in [-0.2, -0.15) is 11.8 Å². The van der Waals surface area contributed by atoms with Gasteiger partial charge >= 0.3 is 18.1 Å². The van der Waals surface area contributed by atoms with Gasteiger partial charge in [-0.05, 0) is 49.9 Å². The molecule has 1 aromatic heterocycles. The number of rotatable bonds is 14. The Bertz CT molecular complexity index is 1820. The molecule has 4 saturated heterocycles. The highest BCUT2D eigenvalue weighted by atomic mass is 32.2. The van der Waals surface area contributed by atoms with Crippen molar-refractivity contribution in [2.75, 3.05) is 48.8 Å². The molecule has 280 valence electrons. The second-order valence-corrected chi connectivity index (χ2v) is 15.0. The van der Waals surface area contributed by atoms with Gasteiger partial charge in [-0.1, -0.05) is 42.0 Å². The molecule has 17 heteroatoms. The number of unbranched alkanes of at least 4 members (excludes halogenated alkanes) is 1. The number of ether oxygens (including phenoxy) is 1. The number of thioether (sulfide) groups is 1. The van der Waals surface area contributed by atoms with E-state index in [0.717, 1.165) is 30.6 Å². The summed E-state index contributed by atoms with van der Waals surface area (Å²) in [7, 11) is 0. The highest BCUT2D eigenvalue weighted by molar-refractivity contribution is 8.00. The molecule has 3 aromatic rings. The molecule has 8 amide bonds. The molecule has 0 bridgehead atoms. The molecular weight excluding hydrogens is 701 g/mol. The summed E-state index contributed by atoms with van der Waals surface area (Å²) in [6.45, 7) is 2.32. The zero-order chi connectivity index (χ0) is 36.8. The average Bonchev–Trinajstić information content (AvgIpc) is 3.93. The molecule has 5 heterocycles. The number of aromatic nitrogens is 3. The van der Waals surface area contributed by atoms with E-state index < -0.39 is 11.6 Å². The quantitative estimate of drug-likeness (QED) is 0.0939. The van der Waals surface area contributed by atoms with Gasteiger partial charge in [0, 0.05) is 48.3 Å². The number of urea groups is 3. The number of carbonyl (C=O) groups is 5. The molecule has 1 spiro atoms. The number of imide groups is 1. The first-order chi connectivity index (χ1) is 25.8. The number of amides is 8. The second-order valence-electron chi connectivity index (χ2n) is 13.7. The zero-order valence-corrected chi connectivity index (χ0v) is 30.1. The van der Waals surface area contributed by atoms with Gasteiger partial charge in [-0.3, -0.25) is 9.59 Å². The SMILES string of the molecule is O=C(CCCC[C@@H]1SC[C@@H]2NC(=O)N[C@@H]21)NCCOCCn1cc(-c2cccc(NC(=O)N3CCC4(CC3)NC(=O)N(c3ccccc3)C4=O)c2)nn1. The number of para-hydroxylation sites is 1. The van der Waals surface area contributed by atoms with Crippen LogP contribution in [0.1, 0.15) is 38.5 Å². The lowest BCUT2D eigenvalue weighted by molar-refractivity contribution is -0.123. The topological polar surface area (TPSA) is 192 Å². The third-order valence-electron chi connectivity index (χ3n) is 10.1. The number of likely N-dealkylation sites (tertiary alicyclic amines) is 1. The van der Waals surface area contributed by atoms with Gasteiger partial charge in [0.25, 0.3) is 5.91 Å². The van der Waals surface area contributed by atoms with Crippen molar-refractivity contribution < 1.29 is 28.7 Å². The van der Waals surface area contributed by atoms with Crippen LogP contribution in [0, 0.1) is 0 Å². The molecule has 3 atom stereocenters. The van der Waals surface area contributed by atoms with Gasteiger partial charge in [-0.25, -0.2) is 24.0 Å². The fourth-order valence-electron chi connectivity index (χ4n) is 7.25. The van der Waals surface area contributed by atoms with E-state index in [1.54, 1.807) is 39.9 Å². The Hall–Kier alpha value is -5.16. The first-order valence-corrected chi connectivity index (χ1v) is 19.1. The van der Waals surface area contributed by atoms with E-state index in [-0.39, 0.29) is 36.0 Å². The van der Waals surface area contributed by atoms with Gasteiger partial charge < -0.3 is 36.2 Å². The number of carbonyl (C=O) groups excluding carboxylic acids is 5. The lowest BCUT2D eigenvalue weighted by Crippen LogP contribution is -2.56. The van der Waals surface area contributed by atoms with Crippen molar-refractivity contribution >= 4 is 53.0 Å². The van der Waals surface area contributed by atoms with Crippen molar-refractivity contribution in [3.8, 4) is 11.3 Å². The van der Waals surface area contributed by atoms with Crippen molar-refractivity contribution in [3.63, 3.8) is 0 Å². The van der Waals surface area contributed by atoms with Gasteiger partial charge in [-0.15, -0.1) is 5.10 Å². The zero-order valence-electron chi connectivity index (χ0n) is 29.3. The highest BCUT2D eigenvalue weighted by Crippen LogP contribution is 2.34. The molecule has 2 aromatic carbocycles. The minimum atomic E-state index is -1.02. The molecular formula is C36H44N10O6S. The van der Waals surface area contributed by atoms with E-state index in [0.29, 0.717) is 81.0 Å². The maximum Gasteiger partial charge on any atom is 0.329 e. The molecule has 53 heavy (non-hydrogen) atoms. The lowest BCUT2D eigenvalue weighted by atomic mass is 9.87. The lowest BCUT2D eigenvalue weighted by Gasteiger charge is -2.37. The summed E-state index contributed by atoms with van der Waals surface area (Å²) in [5, 5.41) is 23.6. The average molecular weight is 745 g/mol. The second kappa shape index (κ2) is 16.2. The molecule has 0 unspecified atom stereocenters. The summed E-state index contributed by atoms with van der Waals surface area (Å²) in [5.74, 6) is 0.660. The summed E-state index contributed by atoms with van der Waals surface area (Å²) in [4.78, 5) is 65.8. The molecule has 7 rings (SSSR count). The minimum absolute atomic E-state index is 0.0104. The molecule has 5 N–H and O–H groups in total. The standard InChI is InChI=1S/C36H44N10O6S/c47-30(12-5-4-11-29-31-28(23-53-29)39-33(49)40-31)37-15-19-52-20-18-45-22-27(42-43-45)24-7-6-8-25(21-24)38-34(50)44-16-13-36(14-17-44)32(48)46(35(51)41-36)26-9-2-1-3-10-26/h1-3,6-10,21-22,28-29,31H,4-5,11-20,23H2,(H,37,47)(H,38,50)(H,41,51)(H2,39,40,49)/t28-,29-,31-/m0/s1. The van der Waals surface area contributed by atoms with Crippen LogP contribution in [-0.4, -0.2) is 111 Å². The van der Waals surface area contributed by atoms with E-state index in [2.05, 4.69) is 36.9 Å². The smallest absolute Gasteiger partial charge is 0.329 e. The van der Waals surface area contributed by atoms with E-state index >= 15 is 0 Å². The maximum atomic E-state index is 13.3. The number of anilines is 2. The fourth-order valence-corrected chi connectivity index (χ4v) is 8.79. The number of fused-ring (bicyclic) bond motifs is 1. The van der Waals surface area contributed by atoms with Crippen molar-refractivity contribution in [1.29, 1.82) is 0 Å². The Morgan fingerprint density at radius 1 is 1.00 bits per heavy atom. The number of nitrogens with zero attached hydrogens (tertiary/aromatic N) is 5.